The Labute approximate surface area is 199 Å². The summed E-state index contributed by atoms with van der Waals surface area (Å²) in [5.74, 6) is 0. The van der Waals surface area contributed by atoms with Crippen molar-refractivity contribution in [3.05, 3.63) is 121 Å². The van der Waals surface area contributed by atoms with Crippen LogP contribution < -0.4 is 20.7 Å². The van der Waals surface area contributed by atoms with Crippen LogP contribution in [0.25, 0.3) is 0 Å². The largest absolute Gasteiger partial charge is 0.401 e. The predicted molar refractivity (Wildman–Crippen MR) is 140 cm³/mol. The Balaban J connectivity index is 2.01. The highest BCUT2D eigenvalue weighted by atomic mass is 28.5. The molecular formula is C28H30O3Si2. The third kappa shape index (κ3) is 4.78. The molecule has 0 aliphatic rings. The van der Waals surface area contributed by atoms with Gasteiger partial charge in [0.05, 0.1) is 0 Å². The molecule has 168 valence electrons. The van der Waals surface area contributed by atoms with Gasteiger partial charge < -0.3 is 13.0 Å². The van der Waals surface area contributed by atoms with E-state index in [2.05, 4.69) is 97.1 Å². The van der Waals surface area contributed by atoms with Gasteiger partial charge in [-0.1, -0.05) is 121 Å². The van der Waals surface area contributed by atoms with Crippen molar-refractivity contribution in [2.75, 3.05) is 13.2 Å². The number of rotatable bonds is 10. The molecule has 3 nitrogen and oxygen atoms in total. The van der Waals surface area contributed by atoms with Crippen molar-refractivity contribution in [2.24, 2.45) is 0 Å². The molecule has 0 saturated heterocycles. The van der Waals surface area contributed by atoms with E-state index in [-0.39, 0.29) is 0 Å². The Morgan fingerprint density at radius 2 is 0.667 bits per heavy atom. The summed E-state index contributed by atoms with van der Waals surface area (Å²) < 4.78 is 20.9. The average Bonchev–Trinajstić information content (AvgIpc) is 2.90. The van der Waals surface area contributed by atoms with E-state index >= 15 is 0 Å². The standard InChI is InChI=1S/C28H30O3Si2/c1-3-29-32(25-17-9-5-10-18-25,26-19-11-6-12-20-26)31-33(30-4-2,27-21-13-7-14-22-27)28-23-15-8-16-24-28/h5-24H,3-4H2,1-2H3. The number of hydrogen-bond donors (Lipinski definition) is 0. The number of hydrogen-bond acceptors (Lipinski definition) is 3. The molecule has 0 saturated carbocycles. The van der Waals surface area contributed by atoms with Crippen LogP contribution in [0.2, 0.25) is 0 Å². The number of benzene rings is 4. The van der Waals surface area contributed by atoms with Gasteiger partial charge in [0, 0.05) is 13.2 Å². The summed E-state index contributed by atoms with van der Waals surface area (Å²) in [6.07, 6.45) is 0. The lowest BCUT2D eigenvalue weighted by atomic mass is 10.4. The summed E-state index contributed by atoms with van der Waals surface area (Å²) in [5, 5.41) is 4.28. The molecule has 4 aromatic carbocycles. The van der Waals surface area contributed by atoms with Crippen molar-refractivity contribution in [1.82, 2.24) is 0 Å². The minimum atomic E-state index is -3.15. The molecule has 0 aromatic heterocycles. The summed E-state index contributed by atoms with van der Waals surface area (Å²) in [7, 11) is -6.30. The van der Waals surface area contributed by atoms with Gasteiger partial charge in [-0.15, -0.1) is 0 Å². The van der Waals surface area contributed by atoms with E-state index in [0.717, 1.165) is 20.7 Å². The lowest BCUT2D eigenvalue weighted by molar-refractivity contribution is 0.225. The molecule has 0 aliphatic heterocycles. The third-order valence-electron chi connectivity index (χ3n) is 5.60. The minimum Gasteiger partial charge on any atom is -0.401 e. The van der Waals surface area contributed by atoms with E-state index in [4.69, 9.17) is 13.0 Å². The molecule has 0 fully saturated rings. The normalized spacial score (nSPS) is 11.9. The van der Waals surface area contributed by atoms with Crippen LogP contribution in [-0.4, -0.2) is 30.3 Å². The smallest absolute Gasteiger partial charge is 0.398 e. The molecule has 33 heavy (non-hydrogen) atoms. The van der Waals surface area contributed by atoms with Crippen LogP contribution in [0.5, 0.6) is 0 Å². The molecule has 0 atom stereocenters. The average molecular weight is 471 g/mol. The molecule has 0 heterocycles. The summed E-state index contributed by atoms with van der Waals surface area (Å²) in [4.78, 5) is 0. The predicted octanol–water partition coefficient (Wildman–Crippen LogP) is 3.59. The highest BCUT2D eigenvalue weighted by Crippen LogP contribution is 2.20. The van der Waals surface area contributed by atoms with Crippen molar-refractivity contribution in [3.63, 3.8) is 0 Å². The summed E-state index contributed by atoms with van der Waals surface area (Å²) >= 11 is 0. The van der Waals surface area contributed by atoms with Crippen molar-refractivity contribution in [1.29, 1.82) is 0 Å². The molecule has 0 unspecified atom stereocenters. The second-order valence-corrected chi connectivity index (χ2v) is 13.8. The van der Waals surface area contributed by atoms with Crippen molar-refractivity contribution < 1.29 is 13.0 Å². The second-order valence-electron chi connectivity index (χ2n) is 7.67. The van der Waals surface area contributed by atoms with Crippen LogP contribution in [0.15, 0.2) is 121 Å². The summed E-state index contributed by atoms with van der Waals surface area (Å²) in [5.41, 5.74) is 0. The highest BCUT2D eigenvalue weighted by molar-refractivity contribution is 7.04. The Kier molecular flexibility index (Phi) is 7.70. The van der Waals surface area contributed by atoms with Crippen LogP contribution in [0, 0.1) is 0 Å². The van der Waals surface area contributed by atoms with Crippen LogP contribution in [-0.2, 0) is 13.0 Å². The zero-order chi connectivity index (χ0) is 23.0. The molecule has 5 heteroatoms. The molecule has 0 aliphatic carbocycles. The van der Waals surface area contributed by atoms with Gasteiger partial charge in [0.25, 0.3) is 0 Å². The van der Waals surface area contributed by atoms with E-state index in [0.29, 0.717) is 13.2 Å². The Hall–Kier alpha value is -2.81. The summed E-state index contributed by atoms with van der Waals surface area (Å²) in [6, 6.07) is 41.5. The maximum atomic E-state index is 7.48. The van der Waals surface area contributed by atoms with E-state index < -0.39 is 17.1 Å². The first-order valence-corrected chi connectivity index (χ1v) is 15.1. The third-order valence-corrected chi connectivity index (χ3v) is 13.7. The molecule has 0 radical (unpaired) electrons. The van der Waals surface area contributed by atoms with Crippen LogP contribution in [0.1, 0.15) is 13.8 Å². The molecule has 0 N–H and O–H groups in total. The van der Waals surface area contributed by atoms with E-state index in [1.165, 1.54) is 0 Å². The van der Waals surface area contributed by atoms with Crippen molar-refractivity contribution >= 4 is 37.9 Å². The molecule has 4 aromatic rings. The van der Waals surface area contributed by atoms with E-state index in [1.54, 1.807) is 0 Å². The lowest BCUT2D eigenvalue weighted by Crippen LogP contribution is -2.75. The Morgan fingerprint density at radius 1 is 0.424 bits per heavy atom. The van der Waals surface area contributed by atoms with Gasteiger partial charge in [-0.05, 0) is 34.6 Å². The molecular weight excluding hydrogens is 440 g/mol. The first-order chi connectivity index (χ1) is 16.2. The molecule has 0 amide bonds. The first-order valence-electron chi connectivity index (χ1n) is 11.5. The van der Waals surface area contributed by atoms with Gasteiger partial charge in [-0.2, -0.15) is 0 Å². The van der Waals surface area contributed by atoms with Gasteiger partial charge in [0.1, 0.15) is 0 Å². The monoisotopic (exact) mass is 470 g/mol. The highest BCUT2D eigenvalue weighted by Gasteiger charge is 2.54. The maximum Gasteiger partial charge on any atom is 0.398 e. The fraction of sp³-hybridized carbons (Fsp3) is 0.143. The first kappa shape index (κ1) is 23.4. The topological polar surface area (TPSA) is 27.7 Å². The van der Waals surface area contributed by atoms with Crippen LogP contribution >= 0.6 is 0 Å². The van der Waals surface area contributed by atoms with Gasteiger partial charge in [0.15, 0.2) is 0 Å². The van der Waals surface area contributed by atoms with Gasteiger partial charge >= 0.3 is 17.1 Å². The quantitative estimate of drug-likeness (QED) is 0.332. The fourth-order valence-electron chi connectivity index (χ4n) is 4.20. The second kappa shape index (κ2) is 10.9. The van der Waals surface area contributed by atoms with Crippen LogP contribution in [0.3, 0.4) is 0 Å². The maximum absolute atomic E-state index is 7.48. The van der Waals surface area contributed by atoms with Gasteiger partial charge in [-0.25, -0.2) is 0 Å². The SMILES string of the molecule is CCO[Si](O[Si](OCC)(c1ccccc1)c1ccccc1)(c1ccccc1)c1ccccc1. The van der Waals surface area contributed by atoms with Crippen molar-refractivity contribution in [3.8, 4) is 0 Å². The Morgan fingerprint density at radius 3 is 0.879 bits per heavy atom. The zero-order valence-corrected chi connectivity index (χ0v) is 21.2. The molecule has 4 rings (SSSR count). The van der Waals surface area contributed by atoms with E-state index in [9.17, 15) is 0 Å². The zero-order valence-electron chi connectivity index (χ0n) is 19.2. The summed E-state index contributed by atoms with van der Waals surface area (Å²) in [6.45, 7) is 5.14. The van der Waals surface area contributed by atoms with Crippen LogP contribution in [0.4, 0.5) is 0 Å². The fourth-order valence-corrected chi connectivity index (χ4v) is 12.8. The van der Waals surface area contributed by atoms with Gasteiger partial charge in [-0.3, -0.25) is 0 Å². The van der Waals surface area contributed by atoms with Gasteiger partial charge in [0.2, 0.25) is 0 Å². The lowest BCUT2D eigenvalue weighted by Gasteiger charge is -2.41. The van der Waals surface area contributed by atoms with Crippen molar-refractivity contribution in [2.45, 2.75) is 13.8 Å². The van der Waals surface area contributed by atoms with E-state index in [1.807, 2.05) is 38.1 Å². The molecule has 0 bridgehead atoms. The Bertz CT molecular complexity index is 937. The molecule has 0 spiro atoms. The minimum absolute atomic E-state index is 0.538.